The summed E-state index contributed by atoms with van der Waals surface area (Å²) in [6.07, 6.45) is 2.44. The Labute approximate surface area is 97.8 Å². The van der Waals surface area contributed by atoms with Gasteiger partial charge in [-0.1, -0.05) is 6.92 Å². The number of hydrogen-bond acceptors (Lipinski definition) is 3. The highest BCUT2D eigenvalue weighted by atomic mass is 35.5. The van der Waals surface area contributed by atoms with Crippen molar-refractivity contribution in [3.05, 3.63) is 0 Å². The molecule has 0 spiro atoms. The quantitative estimate of drug-likeness (QED) is 0.732. The number of rotatable bonds is 2. The minimum Gasteiger partial charge on any atom is -0.341 e. The van der Waals surface area contributed by atoms with Crippen LogP contribution in [0.4, 0.5) is 0 Å². The van der Waals surface area contributed by atoms with E-state index < -0.39 is 0 Å². The molecule has 1 aliphatic rings. The zero-order valence-corrected chi connectivity index (χ0v) is 10.3. The van der Waals surface area contributed by atoms with Gasteiger partial charge in [-0.05, 0) is 26.2 Å². The number of hydrogen-bond donors (Lipinski definition) is 2. The van der Waals surface area contributed by atoms with E-state index in [2.05, 4.69) is 0 Å². The lowest BCUT2D eigenvalue weighted by Crippen LogP contribution is -2.53. The molecule has 0 radical (unpaired) electrons. The van der Waals surface area contributed by atoms with E-state index >= 15 is 0 Å². The van der Waals surface area contributed by atoms with E-state index in [0.29, 0.717) is 6.42 Å². The van der Waals surface area contributed by atoms with Crippen LogP contribution in [0.3, 0.4) is 0 Å². The van der Waals surface area contributed by atoms with E-state index in [-0.39, 0.29) is 29.9 Å². The Morgan fingerprint density at radius 2 is 1.93 bits per heavy atom. The van der Waals surface area contributed by atoms with Crippen LogP contribution < -0.4 is 11.5 Å². The fourth-order valence-electron chi connectivity index (χ4n) is 1.65. The van der Waals surface area contributed by atoms with Crippen molar-refractivity contribution in [2.45, 2.75) is 44.7 Å². The molecule has 4 nitrogen and oxygen atoms in total. The number of piperidine rings is 1. The molecule has 1 aliphatic heterocycles. The lowest BCUT2D eigenvalue weighted by Gasteiger charge is -2.37. The minimum atomic E-state index is -0.336. The first-order valence-corrected chi connectivity index (χ1v) is 5.29. The predicted octanol–water partition coefficient (Wildman–Crippen LogP) is 0.485. The normalized spacial score (nSPS) is 21.7. The van der Waals surface area contributed by atoms with Gasteiger partial charge in [-0.15, -0.1) is 12.4 Å². The molecule has 1 unspecified atom stereocenters. The van der Waals surface area contributed by atoms with Crippen LogP contribution in [0.25, 0.3) is 0 Å². The fraction of sp³-hybridized carbons (Fsp3) is 0.900. The number of likely N-dealkylation sites (tertiary alicyclic amines) is 1. The van der Waals surface area contributed by atoms with Crippen LogP contribution in [0, 0.1) is 0 Å². The van der Waals surface area contributed by atoms with Crippen LogP contribution in [0.1, 0.15) is 33.1 Å². The lowest BCUT2D eigenvalue weighted by atomic mass is 9.91. The van der Waals surface area contributed by atoms with E-state index in [1.165, 1.54) is 0 Å². The first-order valence-electron chi connectivity index (χ1n) is 5.29. The lowest BCUT2D eigenvalue weighted by molar-refractivity contribution is -0.134. The van der Waals surface area contributed by atoms with E-state index in [9.17, 15) is 4.79 Å². The van der Waals surface area contributed by atoms with Crippen molar-refractivity contribution in [3.63, 3.8) is 0 Å². The maximum Gasteiger partial charge on any atom is 0.239 e. The largest absolute Gasteiger partial charge is 0.341 e. The van der Waals surface area contributed by atoms with Gasteiger partial charge < -0.3 is 16.4 Å². The topological polar surface area (TPSA) is 72.4 Å². The Balaban J connectivity index is 0.00000196. The van der Waals surface area contributed by atoms with Gasteiger partial charge in [-0.2, -0.15) is 0 Å². The van der Waals surface area contributed by atoms with Crippen molar-refractivity contribution < 1.29 is 4.79 Å². The van der Waals surface area contributed by atoms with Gasteiger partial charge in [0, 0.05) is 18.6 Å². The van der Waals surface area contributed by atoms with Crippen molar-refractivity contribution in [2.75, 3.05) is 13.1 Å². The van der Waals surface area contributed by atoms with Gasteiger partial charge >= 0.3 is 0 Å². The van der Waals surface area contributed by atoms with Gasteiger partial charge in [0.05, 0.1) is 6.04 Å². The molecule has 0 aliphatic carbocycles. The van der Waals surface area contributed by atoms with E-state index in [0.717, 1.165) is 25.9 Å². The molecule has 1 atom stereocenters. The molecule has 4 N–H and O–H groups in total. The summed E-state index contributed by atoms with van der Waals surface area (Å²) in [6, 6.07) is -0.336. The molecule has 1 rings (SSSR count). The monoisotopic (exact) mass is 235 g/mol. The molecular formula is C10H22ClN3O. The predicted molar refractivity (Wildman–Crippen MR) is 63.9 cm³/mol. The Kier molecular flexibility index (Phi) is 5.56. The van der Waals surface area contributed by atoms with Crippen molar-refractivity contribution in [1.82, 2.24) is 4.90 Å². The minimum absolute atomic E-state index is 0. The highest BCUT2D eigenvalue weighted by Gasteiger charge is 2.29. The molecule has 15 heavy (non-hydrogen) atoms. The summed E-state index contributed by atoms with van der Waals surface area (Å²) in [4.78, 5) is 13.5. The number of nitrogens with zero attached hydrogens (tertiary/aromatic N) is 1. The molecule has 1 heterocycles. The molecule has 90 valence electrons. The number of carbonyl (C=O) groups excluding carboxylic acids is 1. The van der Waals surface area contributed by atoms with Gasteiger partial charge in [-0.3, -0.25) is 4.79 Å². The standard InChI is InChI=1S/C10H21N3O.ClH/c1-3-8(11)9(14)13-6-4-10(2,12)5-7-13;/h8H,3-7,11-12H2,1-2H3;1H. The second kappa shape index (κ2) is 5.68. The smallest absolute Gasteiger partial charge is 0.239 e. The van der Waals surface area contributed by atoms with E-state index in [1.54, 1.807) is 0 Å². The summed E-state index contributed by atoms with van der Waals surface area (Å²) < 4.78 is 0. The zero-order valence-electron chi connectivity index (χ0n) is 9.53. The van der Waals surface area contributed by atoms with Gasteiger partial charge in [-0.25, -0.2) is 0 Å². The van der Waals surface area contributed by atoms with E-state index in [4.69, 9.17) is 11.5 Å². The van der Waals surface area contributed by atoms with Crippen molar-refractivity contribution >= 4 is 18.3 Å². The van der Waals surface area contributed by atoms with Gasteiger partial charge in [0.1, 0.15) is 0 Å². The number of amides is 1. The summed E-state index contributed by atoms with van der Waals surface area (Å²) in [7, 11) is 0. The third kappa shape index (κ3) is 3.97. The number of nitrogens with two attached hydrogens (primary N) is 2. The van der Waals surface area contributed by atoms with Crippen LogP contribution in [0.5, 0.6) is 0 Å². The van der Waals surface area contributed by atoms with Crippen LogP contribution >= 0.6 is 12.4 Å². The molecule has 5 heteroatoms. The maximum atomic E-state index is 11.7. The first-order chi connectivity index (χ1) is 6.46. The molecule has 1 saturated heterocycles. The molecule has 0 aromatic rings. The summed E-state index contributed by atoms with van der Waals surface area (Å²) in [5.74, 6) is 0.0722. The Hall–Kier alpha value is -0.320. The molecule has 0 aromatic carbocycles. The van der Waals surface area contributed by atoms with E-state index in [1.807, 2.05) is 18.7 Å². The second-order valence-electron chi connectivity index (χ2n) is 4.49. The highest BCUT2D eigenvalue weighted by molar-refractivity contribution is 5.85. The summed E-state index contributed by atoms with van der Waals surface area (Å²) in [6.45, 7) is 5.47. The second-order valence-corrected chi connectivity index (χ2v) is 4.49. The average Bonchev–Trinajstić information content (AvgIpc) is 2.15. The highest BCUT2D eigenvalue weighted by Crippen LogP contribution is 2.19. The first kappa shape index (κ1) is 14.7. The molecule has 1 fully saturated rings. The summed E-state index contributed by atoms with van der Waals surface area (Å²) >= 11 is 0. The van der Waals surface area contributed by atoms with Gasteiger partial charge in [0.2, 0.25) is 5.91 Å². The average molecular weight is 236 g/mol. The number of halogens is 1. The molecule has 0 aromatic heterocycles. The van der Waals surface area contributed by atoms with Crippen LogP contribution in [0.15, 0.2) is 0 Å². The molecule has 1 amide bonds. The third-order valence-electron chi connectivity index (χ3n) is 2.97. The Morgan fingerprint density at radius 1 is 1.47 bits per heavy atom. The van der Waals surface area contributed by atoms with Crippen molar-refractivity contribution in [2.24, 2.45) is 11.5 Å². The van der Waals surface area contributed by atoms with Gasteiger partial charge in [0.15, 0.2) is 0 Å². The summed E-state index contributed by atoms with van der Waals surface area (Å²) in [5, 5.41) is 0. The van der Waals surface area contributed by atoms with Crippen LogP contribution in [0.2, 0.25) is 0 Å². The molecule has 0 bridgehead atoms. The summed E-state index contributed by atoms with van der Waals surface area (Å²) in [5.41, 5.74) is 11.6. The van der Waals surface area contributed by atoms with Crippen molar-refractivity contribution in [1.29, 1.82) is 0 Å². The number of carbonyl (C=O) groups is 1. The van der Waals surface area contributed by atoms with Crippen LogP contribution in [-0.4, -0.2) is 35.5 Å². The zero-order chi connectivity index (χ0) is 10.8. The van der Waals surface area contributed by atoms with Crippen molar-refractivity contribution in [3.8, 4) is 0 Å². The Morgan fingerprint density at radius 3 is 2.33 bits per heavy atom. The molecule has 0 saturated carbocycles. The van der Waals surface area contributed by atoms with Gasteiger partial charge in [0.25, 0.3) is 0 Å². The third-order valence-corrected chi connectivity index (χ3v) is 2.97. The molecular weight excluding hydrogens is 214 g/mol. The van der Waals surface area contributed by atoms with Crippen LogP contribution in [-0.2, 0) is 4.79 Å². The SMILES string of the molecule is CCC(N)C(=O)N1CCC(C)(N)CC1.Cl. The Bertz CT molecular complexity index is 211. The fourth-order valence-corrected chi connectivity index (χ4v) is 1.65. The maximum absolute atomic E-state index is 11.7.